The van der Waals surface area contributed by atoms with Crippen LogP contribution in [0.3, 0.4) is 0 Å². The minimum absolute atomic E-state index is 0. The van der Waals surface area contributed by atoms with E-state index in [1.54, 1.807) is 12.1 Å². The molecule has 0 fully saturated rings. The molecule has 0 aliphatic heterocycles. The Morgan fingerprint density at radius 1 is 0.590 bits per heavy atom. The van der Waals surface area contributed by atoms with E-state index in [0.29, 0.717) is 33.9 Å². The van der Waals surface area contributed by atoms with Crippen molar-refractivity contribution in [3.63, 3.8) is 0 Å². The molecule has 0 saturated heterocycles. The Kier molecular flexibility index (Phi) is 21.4. The monoisotopic (exact) mass is 1040 g/mol. The molecule has 308 valence electrons. The molecular weight excluding hydrogens is 1020 g/mol. The van der Waals surface area contributed by atoms with Crippen molar-refractivity contribution >= 4 is 172 Å². The van der Waals surface area contributed by atoms with E-state index in [1.807, 2.05) is 0 Å². The fraction of sp³-hybridized carbons (Fsp3) is 0.0625. The Bertz CT molecular complexity index is 2630. The summed E-state index contributed by atoms with van der Waals surface area (Å²) < 4.78 is 112. The smallest absolute Gasteiger partial charge is 0.799 e. The Hall–Kier alpha value is -0.761. The summed E-state index contributed by atoms with van der Waals surface area (Å²) in [6.45, 7) is 0. The molecule has 6 rings (SSSR count). The molecule has 29 heteroatoms. The van der Waals surface area contributed by atoms with Crippen molar-refractivity contribution < 1.29 is 63.8 Å². The van der Waals surface area contributed by atoms with Crippen LogP contribution in [0.25, 0.3) is 33.9 Å². The molecule has 18 nitrogen and oxygen atoms in total. The van der Waals surface area contributed by atoms with Gasteiger partial charge in [-0.15, -0.1) is 0 Å². The number of nitrogens with one attached hydrogen (secondary N) is 2. The van der Waals surface area contributed by atoms with Crippen LogP contribution in [0.4, 0.5) is 8.78 Å². The number of sulfonamides is 2. The van der Waals surface area contributed by atoms with Gasteiger partial charge in [0.1, 0.15) is 12.7 Å². The van der Waals surface area contributed by atoms with Crippen molar-refractivity contribution in [3.8, 4) is 45.4 Å². The van der Waals surface area contributed by atoms with Crippen LogP contribution in [-0.4, -0.2) is 163 Å². The maximum absolute atomic E-state index is 14.1. The molecule has 0 spiro atoms. The number of hydrogen-bond acceptors (Lipinski definition) is 14. The van der Waals surface area contributed by atoms with E-state index < -0.39 is 57.0 Å². The van der Waals surface area contributed by atoms with E-state index in [2.05, 4.69) is 9.97 Å². The summed E-state index contributed by atoms with van der Waals surface area (Å²) in [5, 5.41) is 0.151. The topological polar surface area (TPSA) is 273 Å². The minimum atomic E-state index is -5.50. The zero-order chi connectivity index (χ0) is 42.8. The SMILES string of the molecule is COc1ccc(-c2c(Cl)ncn2-c2ccc(S(=O)(=O)NP(=O)([O-])[O-])cc2)cc1F.COc1ccc(-c2c(Cl)ncn2-c2ccc(S(=O)(=O)NP(=O)([O-])[O-])cc2)cc1F.[Ca+2].[Ca+2].[Ca+2]. The summed E-state index contributed by atoms with van der Waals surface area (Å²) in [5.41, 5.74) is 2.27. The fourth-order valence-corrected chi connectivity index (χ4v) is 9.83. The minimum Gasteiger partial charge on any atom is -0.799 e. The van der Waals surface area contributed by atoms with Crippen LogP contribution in [0.1, 0.15) is 0 Å². The Morgan fingerprint density at radius 2 is 0.902 bits per heavy atom. The van der Waals surface area contributed by atoms with Crippen LogP contribution in [0.2, 0.25) is 10.3 Å². The van der Waals surface area contributed by atoms with Crippen molar-refractivity contribution in [2.75, 3.05) is 14.2 Å². The summed E-state index contributed by atoms with van der Waals surface area (Å²) >= 11 is 12.3. The van der Waals surface area contributed by atoms with Gasteiger partial charge in [0.05, 0.1) is 35.4 Å². The van der Waals surface area contributed by atoms with E-state index in [9.17, 15) is 54.3 Å². The summed E-state index contributed by atoms with van der Waals surface area (Å²) in [7, 11) is -17.4. The van der Waals surface area contributed by atoms with Gasteiger partial charge < -0.3 is 38.2 Å². The van der Waals surface area contributed by atoms with E-state index in [4.69, 9.17) is 32.7 Å². The first-order chi connectivity index (χ1) is 27.0. The number of imidazole rings is 2. The molecule has 4 aromatic carbocycles. The number of aromatic nitrogens is 4. The maximum atomic E-state index is 14.1. The summed E-state index contributed by atoms with van der Waals surface area (Å²) in [4.78, 5) is 49.9. The van der Waals surface area contributed by atoms with Gasteiger partial charge in [0.2, 0.25) is 20.0 Å². The number of nitrogens with zero attached hydrogens (tertiary/aromatic N) is 4. The zero-order valence-corrected chi connectivity index (χ0v) is 42.8. The number of rotatable bonds is 12. The fourth-order valence-electron chi connectivity index (χ4n) is 5.16. The molecule has 0 amide bonds. The van der Waals surface area contributed by atoms with Gasteiger partial charge in [0, 0.05) is 38.0 Å². The molecule has 0 aliphatic rings. The average Bonchev–Trinajstić information content (AvgIpc) is 3.72. The predicted molar refractivity (Wildman–Crippen MR) is 214 cm³/mol. The molecule has 0 aliphatic carbocycles. The number of halogens is 4. The molecule has 0 unspecified atom stereocenters. The standard InChI is InChI=1S/2C16H14ClFN3O6PS.3Ca/c2*1-27-14-7-2-10(8-13(14)18)15-16(17)19-9-21(15)11-3-5-12(6-4-11)29(25,26)20-28(22,23)24;;;/h2*2-9H,1H3,(H3,20,22,23,24);;;/q;;3*+2/p-4. The largest absolute Gasteiger partial charge is 2.00 e. The van der Waals surface area contributed by atoms with Crippen LogP contribution in [-0.2, 0) is 29.2 Å². The molecule has 2 aromatic heterocycles. The van der Waals surface area contributed by atoms with Gasteiger partial charge >= 0.3 is 113 Å². The Balaban J connectivity index is 0.000000400. The van der Waals surface area contributed by atoms with Gasteiger partial charge in [-0.05, 0) is 84.9 Å². The third kappa shape index (κ3) is 14.6. The van der Waals surface area contributed by atoms with E-state index >= 15 is 0 Å². The summed E-state index contributed by atoms with van der Waals surface area (Å²) in [6.07, 6.45) is 2.70. The van der Waals surface area contributed by atoms with Crippen LogP contribution < -0.4 is 38.0 Å². The second-order valence-corrected chi connectivity index (χ2v) is 18.5. The third-order valence-electron chi connectivity index (χ3n) is 7.61. The number of ether oxygens (including phenoxy) is 2. The van der Waals surface area contributed by atoms with Gasteiger partial charge in [0.25, 0.3) is 0 Å². The molecule has 2 heterocycles. The van der Waals surface area contributed by atoms with E-state index in [0.717, 1.165) is 33.3 Å². The summed E-state index contributed by atoms with van der Waals surface area (Å²) in [5.74, 6) is -1.12. The molecule has 2 N–H and O–H groups in total. The third-order valence-corrected chi connectivity index (χ3v) is 13.7. The molecule has 6 aromatic rings. The molecule has 0 radical (unpaired) electrons. The van der Waals surface area contributed by atoms with E-state index in [-0.39, 0.29) is 135 Å². The second-order valence-electron chi connectivity index (χ2n) is 11.4. The molecule has 0 bridgehead atoms. The van der Waals surface area contributed by atoms with Crippen LogP contribution in [0.15, 0.2) is 107 Å². The normalized spacial score (nSPS) is 11.6. The van der Waals surface area contributed by atoms with Gasteiger partial charge in [-0.1, -0.05) is 23.2 Å². The first-order valence-electron chi connectivity index (χ1n) is 15.5. The van der Waals surface area contributed by atoms with Crippen LogP contribution >= 0.6 is 38.7 Å². The number of hydrogen-bond donors (Lipinski definition) is 2. The van der Waals surface area contributed by atoms with Crippen molar-refractivity contribution in [1.82, 2.24) is 28.1 Å². The summed E-state index contributed by atoms with van der Waals surface area (Å²) in [6, 6.07) is 18.2. The Labute approximate surface area is 446 Å². The zero-order valence-electron chi connectivity index (χ0n) is 31.3. The van der Waals surface area contributed by atoms with Crippen molar-refractivity contribution in [2.45, 2.75) is 9.79 Å². The van der Waals surface area contributed by atoms with Gasteiger partial charge in [-0.25, -0.2) is 35.6 Å². The molecular formula is C32H24Ca3Cl2F2N6O12P2S2+2. The second kappa shape index (κ2) is 23.1. The van der Waals surface area contributed by atoms with Crippen molar-refractivity contribution in [3.05, 3.63) is 120 Å². The molecule has 0 atom stereocenters. The quantitative estimate of drug-likeness (QED) is 0.131. The molecule has 0 saturated carbocycles. The number of methoxy groups -OCH3 is 2. The van der Waals surface area contributed by atoms with Gasteiger partial charge in [-0.2, -0.15) is 8.99 Å². The van der Waals surface area contributed by atoms with Crippen LogP contribution in [0, 0.1) is 11.6 Å². The van der Waals surface area contributed by atoms with Crippen LogP contribution in [0.5, 0.6) is 11.5 Å². The average molecular weight is 1040 g/mol. The van der Waals surface area contributed by atoms with Crippen molar-refractivity contribution in [2.24, 2.45) is 0 Å². The molecule has 61 heavy (non-hydrogen) atoms. The Morgan fingerprint density at radius 3 is 1.16 bits per heavy atom. The predicted octanol–water partition coefficient (Wildman–Crippen LogP) is 1.75. The van der Waals surface area contributed by atoms with E-state index in [1.165, 1.54) is 84.5 Å². The first-order valence-corrected chi connectivity index (χ1v) is 22.3. The first kappa shape index (κ1) is 56.4. The number of benzene rings is 4. The van der Waals surface area contributed by atoms with Gasteiger partial charge in [-0.3, -0.25) is 9.13 Å². The van der Waals surface area contributed by atoms with Crippen molar-refractivity contribution in [1.29, 1.82) is 0 Å². The van der Waals surface area contributed by atoms with Gasteiger partial charge in [0.15, 0.2) is 33.4 Å². The maximum Gasteiger partial charge on any atom is 2.00 e.